The molecule has 0 radical (unpaired) electrons. The van der Waals surface area contributed by atoms with Crippen LogP contribution in [0.2, 0.25) is 18.1 Å². The monoisotopic (exact) mass is 333 g/mol. The molecular formula is C16H35NO2SSi. The van der Waals surface area contributed by atoms with E-state index >= 15 is 0 Å². The van der Waals surface area contributed by atoms with Crippen LogP contribution in [-0.2, 0) is 15.4 Å². The zero-order valence-electron chi connectivity index (χ0n) is 15.4. The molecule has 2 atom stereocenters. The van der Waals surface area contributed by atoms with E-state index in [1.54, 1.807) is 0 Å². The first-order valence-corrected chi connectivity index (χ1v) is 11.9. The van der Waals surface area contributed by atoms with Crippen LogP contribution < -0.4 is 0 Å². The second-order valence-electron chi connectivity index (χ2n) is 8.39. The van der Waals surface area contributed by atoms with Crippen molar-refractivity contribution in [1.82, 2.24) is 0 Å². The Morgan fingerprint density at radius 2 is 1.71 bits per heavy atom. The molecule has 0 rings (SSSR count). The maximum absolute atomic E-state index is 11.8. The highest BCUT2D eigenvalue weighted by Gasteiger charge is 2.36. The van der Waals surface area contributed by atoms with Gasteiger partial charge in [0.1, 0.15) is 11.0 Å². The maximum Gasteiger partial charge on any atom is 0.191 e. The van der Waals surface area contributed by atoms with Gasteiger partial charge in [-0.1, -0.05) is 27.7 Å². The summed E-state index contributed by atoms with van der Waals surface area (Å²) < 4.78 is 21.9. The maximum atomic E-state index is 11.8. The third-order valence-electron chi connectivity index (χ3n) is 4.08. The highest BCUT2D eigenvalue weighted by Crippen LogP contribution is 2.36. The lowest BCUT2D eigenvalue weighted by molar-refractivity contribution is 0.262. The van der Waals surface area contributed by atoms with E-state index in [-0.39, 0.29) is 9.79 Å². The van der Waals surface area contributed by atoms with Crippen LogP contribution in [0.15, 0.2) is 4.40 Å². The Bertz CT molecular complexity index is 367. The van der Waals surface area contributed by atoms with Crippen LogP contribution >= 0.6 is 0 Å². The largest absolute Gasteiger partial charge is 0.417 e. The van der Waals surface area contributed by atoms with Crippen molar-refractivity contribution in [3.05, 3.63) is 0 Å². The molecule has 2 unspecified atom stereocenters. The first-order valence-electron chi connectivity index (χ1n) is 7.86. The molecule has 0 aliphatic rings. The summed E-state index contributed by atoms with van der Waals surface area (Å²) in [6, 6.07) is 0. The SMILES string of the molecule is CC(C/C=N/S(=O)C(C)(C)C)CCO[Si](C)(C)C(C)(C)C. The Morgan fingerprint density at radius 3 is 2.14 bits per heavy atom. The summed E-state index contributed by atoms with van der Waals surface area (Å²) in [6.45, 7) is 20.2. The molecule has 0 aromatic carbocycles. The van der Waals surface area contributed by atoms with Crippen LogP contribution in [0.1, 0.15) is 61.3 Å². The summed E-state index contributed by atoms with van der Waals surface area (Å²) in [4.78, 5) is 0. The van der Waals surface area contributed by atoms with Crippen LogP contribution in [0.4, 0.5) is 0 Å². The molecule has 126 valence electrons. The van der Waals surface area contributed by atoms with Gasteiger partial charge >= 0.3 is 0 Å². The normalized spacial score (nSPS) is 17.2. The lowest BCUT2D eigenvalue weighted by atomic mass is 10.1. The Kier molecular flexibility index (Phi) is 8.02. The highest BCUT2D eigenvalue weighted by atomic mass is 32.2. The molecule has 0 aromatic rings. The molecule has 3 nitrogen and oxygen atoms in total. The summed E-state index contributed by atoms with van der Waals surface area (Å²) in [5.74, 6) is 0.510. The summed E-state index contributed by atoms with van der Waals surface area (Å²) >= 11 is 0. The van der Waals surface area contributed by atoms with E-state index in [0.717, 1.165) is 19.4 Å². The van der Waals surface area contributed by atoms with Gasteiger partial charge in [-0.05, 0) is 57.7 Å². The zero-order valence-corrected chi connectivity index (χ0v) is 17.3. The van der Waals surface area contributed by atoms with Crippen LogP contribution in [-0.4, -0.2) is 30.1 Å². The molecule has 0 amide bonds. The molecule has 0 saturated heterocycles. The first kappa shape index (κ1) is 21.0. The Hall–Kier alpha value is -0.00312. The summed E-state index contributed by atoms with van der Waals surface area (Å²) in [5.41, 5.74) is 0. The highest BCUT2D eigenvalue weighted by molar-refractivity contribution is 7.85. The third-order valence-corrected chi connectivity index (χ3v) is 10.0. The fourth-order valence-corrected chi connectivity index (χ4v) is 2.90. The van der Waals surface area contributed by atoms with E-state index < -0.39 is 19.3 Å². The molecule has 0 aliphatic carbocycles. The fourth-order valence-electron chi connectivity index (χ4n) is 1.30. The van der Waals surface area contributed by atoms with Gasteiger partial charge in [0.15, 0.2) is 8.32 Å². The predicted octanol–water partition coefficient (Wildman–Crippen LogP) is 4.96. The second-order valence-corrected chi connectivity index (χ2v) is 15.1. The smallest absolute Gasteiger partial charge is 0.191 e. The molecule has 0 bridgehead atoms. The van der Waals surface area contributed by atoms with Crippen molar-refractivity contribution in [1.29, 1.82) is 0 Å². The zero-order chi connectivity index (χ0) is 16.9. The number of rotatable bonds is 7. The van der Waals surface area contributed by atoms with Crippen LogP contribution in [0.3, 0.4) is 0 Å². The van der Waals surface area contributed by atoms with Gasteiger partial charge in [-0.25, -0.2) is 4.21 Å². The topological polar surface area (TPSA) is 38.7 Å². The molecule has 0 spiro atoms. The quantitative estimate of drug-likeness (QED) is 0.488. The van der Waals surface area contributed by atoms with E-state index in [1.165, 1.54) is 0 Å². The van der Waals surface area contributed by atoms with Crippen molar-refractivity contribution in [2.24, 2.45) is 10.3 Å². The van der Waals surface area contributed by atoms with Crippen molar-refractivity contribution >= 4 is 25.5 Å². The van der Waals surface area contributed by atoms with Gasteiger partial charge in [0.25, 0.3) is 0 Å². The van der Waals surface area contributed by atoms with Crippen molar-refractivity contribution in [3.8, 4) is 0 Å². The molecule has 0 N–H and O–H groups in total. The summed E-state index contributed by atoms with van der Waals surface area (Å²) in [5, 5.41) is 0.265. The molecule has 0 fully saturated rings. The second kappa shape index (κ2) is 8.02. The average molecular weight is 334 g/mol. The Morgan fingerprint density at radius 1 is 1.19 bits per heavy atom. The van der Waals surface area contributed by atoms with E-state index in [2.05, 4.69) is 45.2 Å². The van der Waals surface area contributed by atoms with Gasteiger partial charge in [-0.3, -0.25) is 0 Å². The average Bonchev–Trinajstić information content (AvgIpc) is 2.25. The summed E-state index contributed by atoms with van der Waals surface area (Å²) in [7, 11) is -2.77. The van der Waals surface area contributed by atoms with Crippen LogP contribution in [0, 0.1) is 5.92 Å². The van der Waals surface area contributed by atoms with E-state index in [1.807, 2.05) is 27.0 Å². The predicted molar refractivity (Wildman–Crippen MR) is 97.9 cm³/mol. The Labute approximate surface area is 135 Å². The molecule has 21 heavy (non-hydrogen) atoms. The molecule has 0 heterocycles. The molecule has 0 aliphatic heterocycles. The molecule has 5 heteroatoms. The van der Waals surface area contributed by atoms with Gasteiger partial charge in [0, 0.05) is 12.8 Å². The fraction of sp³-hybridized carbons (Fsp3) is 0.938. The molecular weight excluding hydrogens is 298 g/mol. The minimum atomic E-state index is -1.63. The number of nitrogens with zero attached hydrogens (tertiary/aromatic N) is 1. The minimum Gasteiger partial charge on any atom is -0.417 e. The van der Waals surface area contributed by atoms with E-state index in [0.29, 0.717) is 5.92 Å². The van der Waals surface area contributed by atoms with Gasteiger partial charge in [-0.15, -0.1) is 0 Å². The third kappa shape index (κ3) is 8.26. The van der Waals surface area contributed by atoms with Gasteiger partial charge < -0.3 is 4.43 Å². The van der Waals surface area contributed by atoms with E-state index in [4.69, 9.17) is 4.43 Å². The van der Waals surface area contributed by atoms with Crippen molar-refractivity contribution in [3.63, 3.8) is 0 Å². The lowest BCUT2D eigenvalue weighted by Crippen LogP contribution is -2.41. The van der Waals surface area contributed by atoms with Crippen molar-refractivity contribution in [2.75, 3.05) is 6.61 Å². The molecule has 0 saturated carbocycles. The lowest BCUT2D eigenvalue weighted by Gasteiger charge is -2.36. The van der Waals surface area contributed by atoms with Crippen molar-refractivity contribution in [2.45, 2.75) is 84.2 Å². The Balaban J connectivity index is 4.11. The van der Waals surface area contributed by atoms with E-state index in [9.17, 15) is 4.21 Å². The minimum absolute atomic E-state index is 0.265. The van der Waals surface area contributed by atoms with Gasteiger partial charge in [-0.2, -0.15) is 4.40 Å². The van der Waals surface area contributed by atoms with Crippen molar-refractivity contribution < 1.29 is 8.63 Å². The first-order chi connectivity index (χ1) is 9.27. The summed E-state index contributed by atoms with van der Waals surface area (Å²) in [6.07, 6.45) is 3.71. The number of hydrogen-bond donors (Lipinski definition) is 0. The van der Waals surface area contributed by atoms with Crippen LogP contribution in [0.5, 0.6) is 0 Å². The molecule has 0 aromatic heterocycles. The number of hydrogen-bond acceptors (Lipinski definition) is 2. The van der Waals surface area contributed by atoms with Gasteiger partial charge in [0.2, 0.25) is 0 Å². The standard InChI is InChI=1S/C16H35NO2SSi/c1-14(10-12-17-20(18)15(2,3)4)11-13-19-21(8,9)16(5,6)7/h12,14H,10-11,13H2,1-9H3/b17-12+. The van der Waals surface area contributed by atoms with Crippen LogP contribution in [0.25, 0.3) is 0 Å². The van der Waals surface area contributed by atoms with Gasteiger partial charge in [0.05, 0.1) is 4.75 Å².